The molecule has 0 saturated carbocycles. The highest BCUT2D eigenvalue weighted by atomic mass is 32.1. The number of rotatable bonds is 0. The minimum absolute atomic E-state index is 0.397. The van der Waals surface area contributed by atoms with Gasteiger partial charge >= 0.3 is 0 Å². The molecule has 7 aromatic rings. The summed E-state index contributed by atoms with van der Waals surface area (Å²) < 4.78 is 0. The van der Waals surface area contributed by atoms with Crippen LogP contribution in [0.5, 0.6) is 0 Å². The fraction of sp³-hybridized carbons (Fsp3) is 0.250. The van der Waals surface area contributed by atoms with Gasteiger partial charge in [0.25, 0.3) is 0 Å². The molecule has 0 radical (unpaired) electrons. The van der Waals surface area contributed by atoms with Crippen LogP contribution in [0.4, 0.5) is 0 Å². The molecule has 18 nitrogen and oxygen atoms in total. The van der Waals surface area contributed by atoms with Gasteiger partial charge in [-0.3, -0.25) is 0 Å². The molecule has 12 bridgehead atoms. The number of fused-ring (bicyclic) bond motifs is 12. The van der Waals surface area contributed by atoms with Crippen LogP contribution in [0.1, 0.15) is 34.9 Å². The molecule has 0 aliphatic heterocycles. The van der Waals surface area contributed by atoms with Gasteiger partial charge in [-0.1, -0.05) is 68.0 Å². The zero-order chi connectivity index (χ0) is 33.4. The van der Waals surface area contributed by atoms with Crippen LogP contribution in [0.15, 0.2) is 0 Å². The van der Waals surface area contributed by atoms with Crippen molar-refractivity contribution in [2.24, 2.45) is 0 Å². The van der Waals surface area contributed by atoms with Gasteiger partial charge < -0.3 is 0 Å². The summed E-state index contributed by atoms with van der Waals surface area (Å²) in [4.78, 5) is 86.2. The Balaban J connectivity index is 1.60. The molecule has 0 aromatic carbocycles. The lowest BCUT2D eigenvalue weighted by molar-refractivity contribution is 1.07. The van der Waals surface area contributed by atoms with Crippen molar-refractivity contribution in [1.29, 1.82) is 0 Å². The summed E-state index contributed by atoms with van der Waals surface area (Å²) in [5.74, 6) is 3.04. The Bertz CT molecular complexity index is 2070. The molecular formula is C24H18N18S6. The lowest BCUT2D eigenvalue weighted by atomic mass is 10.7. The van der Waals surface area contributed by atoms with Crippen LogP contribution in [0, 0.1) is 41.5 Å². The number of aryl methyl sites for hydroxylation is 6. The maximum absolute atomic E-state index is 4.61. The third-order valence-electron chi connectivity index (χ3n) is 5.33. The van der Waals surface area contributed by atoms with Gasteiger partial charge in [-0.2, -0.15) is 29.9 Å². The molecule has 0 amide bonds. The van der Waals surface area contributed by atoms with E-state index in [0.29, 0.717) is 94.5 Å². The van der Waals surface area contributed by atoms with Crippen LogP contribution in [-0.2, 0) is 0 Å². The van der Waals surface area contributed by atoms with Gasteiger partial charge in [-0.25, -0.2) is 59.8 Å². The first-order valence-corrected chi connectivity index (χ1v) is 18.4. The average Bonchev–Trinajstić information content (AvgIpc) is 2.95. The molecule has 0 atom stereocenters. The van der Waals surface area contributed by atoms with Crippen molar-refractivity contribution >= 4 is 128 Å². The molecule has 240 valence electrons. The standard InChI is InChI=1S/C24H18N18S6/c1-7-25-13-37-14(26-7)44-16-28-9(3)30-18(39-16)46-20-32-11(5)34-22(41-20)48-24-36-12(6)35-23(42-24)47-21-33-10(4)31-19(40-21)45-17-29-8(2)27-15(38-17)43-13/h1-6H3. The first-order chi connectivity index (χ1) is 23.1. The molecule has 0 unspecified atom stereocenters. The van der Waals surface area contributed by atoms with Gasteiger partial charge in [0.15, 0.2) is 0 Å². The highest BCUT2D eigenvalue weighted by molar-refractivity contribution is 7.25. The molecule has 0 fully saturated rings. The minimum Gasteiger partial charge on any atom is -0.204 e. The van der Waals surface area contributed by atoms with Crippen molar-refractivity contribution in [3.8, 4) is 0 Å². The monoisotopic (exact) mass is 750 g/mol. The predicted octanol–water partition coefficient (Wildman–Crippen LogP) is 5.00. The number of aromatic nitrogens is 18. The van der Waals surface area contributed by atoms with E-state index in [4.69, 9.17) is 0 Å². The van der Waals surface area contributed by atoms with E-state index in [9.17, 15) is 0 Å². The Morgan fingerprint density at radius 1 is 0.188 bits per heavy atom. The van der Waals surface area contributed by atoms with Crippen LogP contribution in [0.2, 0.25) is 0 Å². The van der Waals surface area contributed by atoms with Crippen LogP contribution >= 0.6 is 68.0 Å². The van der Waals surface area contributed by atoms with E-state index in [-0.39, 0.29) is 0 Å². The molecule has 7 heterocycles. The van der Waals surface area contributed by atoms with Gasteiger partial charge in [-0.05, 0) is 41.5 Å². The van der Waals surface area contributed by atoms with E-state index in [1.165, 1.54) is 68.0 Å². The van der Waals surface area contributed by atoms with Crippen LogP contribution < -0.4 is 0 Å². The molecule has 0 N–H and O–H groups in total. The topological polar surface area (TPSA) is 232 Å². The van der Waals surface area contributed by atoms with Crippen molar-refractivity contribution in [1.82, 2.24) is 89.7 Å². The first-order valence-electron chi connectivity index (χ1n) is 13.5. The molecule has 7 aromatic heterocycles. The van der Waals surface area contributed by atoms with E-state index in [1.54, 1.807) is 41.5 Å². The summed E-state index contributed by atoms with van der Waals surface area (Å²) in [7, 11) is 0. The number of hydrogen-bond donors (Lipinski definition) is 0. The highest BCUT2D eigenvalue weighted by Gasteiger charge is 2.05. The fourth-order valence-electron chi connectivity index (χ4n) is 3.64. The number of nitrogens with zero attached hydrogens (tertiary/aromatic N) is 18. The van der Waals surface area contributed by atoms with Gasteiger partial charge in [0.1, 0.15) is 34.9 Å². The zero-order valence-electron chi connectivity index (χ0n) is 25.5. The summed E-state index contributed by atoms with van der Waals surface area (Å²) in [5.41, 5.74) is 0. The second-order valence-corrected chi connectivity index (χ2v) is 14.9. The second kappa shape index (κ2) is 13.5. The van der Waals surface area contributed by atoms with Crippen molar-refractivity contribution in [3.63, 3.8) is 0 Å². The summed E-state index contributed by atoms with van der Waals surface area (Å²) in [6, 6.07) is 0. The number of hydrogen-bond acceptors (Lipinski definition) is 24. The predicted molar refractivity (Wildman–Crippen MR) is 187 cm³/mol. The fourth-order valence-corrected chi connectivity index (χ4v) is 8.68. The lowest BCUT2D eigenvalue weighted by Crippen LogP contribution is -1.93. The highest BCUT2D eigenvalue weighted by Crippen LogP contribution is 2.18. The van der Waals surface area contributed by atoms with E-state index < -0.39 is 0 Å². The third kappa shape index (κ3) is 8.08. The van der Waals surface area contributed by atoms with Gasteiger partial charge in [-0.15, -0.1) is 0 Å². The third-order valence-corrected chi connectivity index (χ3v) is 9.71. The van der Waals surface area contributed by atoms with Crippen molar-refractivity contribution in [2.75, 3.05) is 0 Å². The summed E-state index contributed by atoms with van der Waals surface area (Å²) in [5, 5.41) is 0. The molecule has 0 saturated heterocycles. The Hall–Kier alpha value is -4.62. The maximum Gasteiger partial charge on any atom is 0.216 e. The maximum atomic E-state index is 4.61. The lowest BCUT2D eigenvalue weighted by Gasteiger charge is -1.96. The minimum atomic E-state index is 0.397. The molecular weight excluding hydrogens is 733 g/mol. The van der Waals surface area contributed by atoms with Crippen LogP contribution in [-0.4, -0.2) is 89.7 Å². The molecule has 7 rings (SSSR count). The van der Waals surface area contributed by atoms with Gasteiger partial charge in [0, 0.05) is 0 Å². The average molecular weight is 751 g/mol. The molecule has 24 heteroatoms. The molecule has 48 heavy (non-hydrogen) atoms. The second-order valence-electron chi connectivity index (χ2n) is 9.30. The van der Waals surface area contributed by atoms with Crippen molar-refractivity contribution < 1.29 is 0 Å². The zero-order valence-corrected chi connectivity index (χ0v) is 30.4. The molecule has 0 aliphatic rings. The first kappa shape index (κ1) is 32.0. The largest absolute Gasteiger partial charge is 0.216 e. The molecule has 0 spiro atoms. The van der Waals surface area contributed by atoms with E-state index in [2.05, 4.69) is 89.7 Å². The van der Waals surface area contributed by atoms with Gasteiger partial charge in [0.05, 0.1) is 0 Å². The van der Waals surface area contributed by atoms with Crippen molar-refractivity contribution in [2.45, 2.75) is 41.5 Å². The quantitative estimate of drug-likeness (QED) is 0.198. The molecule has 0 aliphatic carbocycles. The Morgan fingerprint density at radius 3 is 0.396 bits per heavy atom. The van der Waals surface area contributed by atoms with E-state index >= 15 is 0 Å². The Morgan fingerprint density at radius 2 is 0.292 bits per heavy atom. The van der Waals surface area contributed by atoms with Gasteiger partial charge in [0.2, 0.25) is 59.5 Å². The van der Waals surface area contributed by atoms with Crippen LogP contribution in [0.3, 0.4) is 0 Å². The summed E-state index contributed by atoms with van der Waals surface area (Å²) in [6.07, 6.45) is 0. The van der Waals surface area contributed by atoms with Crippen molar-refractivity contribution in [3.05, 3.63) is 34.9 Å². The van der Waals surface area contributed by atoms with E-state index in [0.717, 1.165) is 0 Å². The summed E-state index contributed by atoms with van der Waals surface area (Å²) >= 11 is 7.07. The Labute approximate surface area is 292 Å². The van der Waals surface area contributed by atoms with E-state index in [1.807, 2.05) is 0 Å². The Kier molecular flexibility index (Phi) is 8.97. The normalized spacial score (nSPS) is 11.1. The summed E-state index contributed by atoms with van der Waals surface area (Å²) in [6.45, 7) is 10.7. The smallest absolute Gasteiger partial charge is 0.204 e. The van der Waals surface area contributed by atoms with Crippen LogP contribution in [0.25, 0.3) is 59.5 Å². The SMILES string of the molecule is Cc1nc2nc(n1)sc1nc(C)nc(n1)sc1nc(C)nc(n1)sc1nc(C)nc(n1)sc1nc(C)nc(n1)sc1nc(C)nc(n1)s2.